The van der Waals surface area contributed by atoms with Gasteiger partial charge in [0, 0.05) is 33.2 Å². The van der Waals surface area contributed by atoms with Crippen LogP contribution in [0.25, 0.3) is 10.8 Å². The molecule has 6 rings (SSSR count). The van der Waals surface area contributed by atoms with Crippen molar-refractivity contribution in [3.8, 4) is 0 Å². The zero-order valence-corrected chi connectivity index (χ0v) is 21.2. The SMILES string of the molecule is CC1(c2ccccc2)CC(C)(C)N(C(=O)CN2C(=O)c3cccc4cccc(c34)C2=O)c2ccccc21. The molecule has 0 spiro atoms. The minimum atomic E-state index is -0.560. The van der Waals surface area contributed by atoms with E-state index in [0.29, 0.717) is 22.9 Å². The maximum absolute atomic E-state index is 14.0. The van der Waals surface area contributed by atoms with Gasteiger partial charge in [0.25, 0.3) is 11.8 Å². The van der Waals surface area contributed by atoms with Crippen LogP contribution in [0.5, 0.6) is 0 Å². The first kappa shape index (κ1) is 23.2. The summed E-state index contributed by atoms with van der Waals surface area (Å²) >= 11 is 0. The average Bonchev–Trinajstić information content (AvgIpc) is 2.89. The van der Waals surface area contributed by atoms with Gasteiger partial charge in [-0.3, -0.25) is 19.3 Å². The minimum absolute atomic E-state index is 0.277. The number of para-hydroxylation sites is 1. The summed E-state index contributed by atoms with van der Waals surface area (Å²) in [7, 11) is 0. The van der Waals surface area contributed by atoms with E-state index >= 15 is 0 Å². The van der Waals surface area contributed by atoms with Crippen LogP contribution < -0.4 is 4.90 Å². The summed E-state index contributed by atoms with van der Waals surface area (Å²) in [5.41, 5.74) is 3.11. The maximum atomic E-state index is 14.0. The van der Waals surface area contributed by atoms with Crippen molar-refractivity contribution < 1.29 is 14.4 Å². The monoisotopic (exact) mass is 488 g/mol. The van der Waals surface area contributed by atoms with E-state index in [0.717, 1.165) is 21.5 Å². The second kappa shape index (κ2) is 8.13. The van der Waals surface area contributed by atoms with Crippen LogP contribution in [-0.2, 0) is 10.2 Å². The number of hydrogen-bond donors (Lipinski definition) is 0. The van der Waals surface area contributed by atoms with Crippen LogP contribution >= 0.6 is 0 Å². The first-order valence-electron chi connectivity index (χ1n) is 12.6. The molecule has 0 fully saturated rings. The van der Waals surface area contributed by atoms with E-state index in [2.05, 4.69) is 39.0 Å². The van der Waals surface area contributed by atoms with Crippen LogP contribution in [0.15, 0.2) is 91.0 Å². The number of carbonyl (C=O) groups excluding carboxylic acids is 3. The van der Waals surface area contributed by atoms with Gasteiger partial charge >= 0.3 is 0 Å². The maximum Gasteiger partial charge on any atom is 0.261 e. The number of fused-ring (bicyclic) bond motifs is 1. The highest BCUT2D eigenvalue weighted by molar-refractivity contribution is 6.26. The molecule has 5 heteroatoms. The van der Waals surface area contributed by atoms with Gasteiger partial charge in [-0.05, 0) is 55.0 Å². The van der Waals surface area contributed by atoms with Crippen molar-refractivity contribution in [3.05, 3.63) is 113 Å². The molecule has 1 unspecified atom stereocenters. The number of hydrogen-bond acceptors (Lipinski definition) is 3. The molecule has 1 atom stereocenters. The van der Waals surface area contributed by atoms with E-state index in [1.54, 1.807) is 17.0 Å². The fourth-order valence-corrected chi connectivity index (χ4v) is 6.47. The van der Waals surface area contributed by atoms with Crippen molar-refractivity contribution in [1.29, 1.82) is 0 Å². The molecule has 0 aliphatic carbocycles. The minimum Gasteiger partial charge on any atom is -0.305 e. The van der Waals surface area contributed by atoms with E-state index in [1.165, 1.54) is 5.56 Å². The molecule has 0 saturated heterocycles. The van der Waals surface area contributed by atoms with Crippen LogP contribution in [0.2, 0.25) is 0 Å². The summed E-state index contributed by atoms with van der Waals surface area (Å²) in [4.78, 5) is 43.8. The Labute approximate surface area is 216 Å². The number of rotatable bonds is 3. The smallest absolute Gasteiger partial charge is 0.261 e. The summed E-state index contributed by atoms with van der Waals surface area (Å²) in [6.45, 7) is 6.01. The molecule has 0 bridgehead atoms. The van der Waals surface area contributed by atoms with E-state index in [-0.39, 0.29) is 17.9 Å². The van der Waals surface area contributed by atoms with Gasteiger partial charge in [-0.2, -0.15) is 0 Å². The van der Waals surface area contributed by atoms with Crippen molar-refractivity contribution in [2.75, 3.05) is 11.4 Å². The molecule has 37 heavy (non-hydrogen) atoms. The third-order valence-corrected chi connectivity index (χ3v) is 7.94. The summed E-state index contributed by atoms with van der Waals surface area (Å²) in [6.07, 6.45) is 0.691. The van der Waals surface area contributed by atoms with E-state index in [9.17, 15) is 14.4 Å². The number of carbonyl (C=O) groups is 3. The molecule has 4 aromatic rings. The summed E-state index contributed by atoms with van der Waals surface area (Å²) in [5.74, 6) is -1.14. The molecule has 0 saturated carbocycles. The number of amides is 3. The first-order valence-corrected chi connectivity index (χ1v) is 12.6. The predicted molar refractivity (Wildman–Crippen MR) is 145 cm³/mol. The molecule has 0 N–H and O–H groups in total. The molecule has 2 aliphatic rings. The fraction of sp³-hybridized carbons (Fsp3) is 0.219. The Morgan fingerprint density at radius 2 is 1.35 bits per heavy atom. The third kappa shape index (κ3) is 3.41. The highest BCUT2D eigenvalue weighted by Crippen LogP contribution is 2.50. The van der Waals surface area contributed by atoms with Crippen LogP contribution in [0.4, 0.5) is 5.69 Å². The van der Waals surface area contributed by atoms with Gasteiger partial charge < -0.3 is 4.90 Å². The number of nitrogens with zero attached hydrogens (tertiary/aromatic N) is 2. The Morgan fingerprint density at radius 1 is 0.757 bits per heavy atom. The summed E-state index contributed by atoms with van der Waals surface area (Å²) in [6, 6.07) is 29.2. The van der Waals surface area contributed by atoms with Crippen molar-refractivity contribution in [2.45, 2.75) is 38.1 Å². The lowest BCUT2D eigenvalue weighted by atomic mass is 9.65. The number of benzene rings is 4. The lowest BCUT2D eigenvalue weighted by molar-refractivity contribution is -0.120. The van der Waals surface area contributed by atoms with Gasteiger partial charge in [0.1, 0.15) is 6.54 Å². The van der Waals surface area contributed by atoms with Crippen molar-refractivity contribution in [2.24, 2.45) is 0 Å². The zero-order chi connectivity index (χ0) is 25.9. The van der Waals surface area contributed by atoms with Crippen molar-refractivity contribution in [3.63, 3.8) is 0 Å². The second-order valence-electron chi connectivity index (χ2n) is 10.8. The van der Waals surface area contributed by atoms with Gasteiger partial charge in [0.15, 0.2) is 0 Å². The third-order valence-electron chi connectivity index (χ3n) is 7.94. The Balaban J connectivity index is 1.40. The van der Waals surface area contributed by atoms with Gasteiger partial charge in [-0.1, -0.05) is 79.7 Å². The fourth-order valence-electron chi connectivity index (χ4n) is 6.47. The van der Waals surface area contributed by atoms with Gasteiger partial charge in [0.2, 0.25) is 5.91 Å². The average molecular weight is 489 g/mol. The van der Waals surface area contributed by atoms with Gasteiger partial charge in [-0.25, -0.2) is 0 Å². The Hall–Kier alpha value is -4.25. The number of anilines is 1. The van der Waals surface area contributed by atoms with Crippen LogP contribution in [-0.4, -0.2) is 34.7 Å². The van der Waals surface area contributed by atoms with Crippen LogP contribution in [0.1, 0.15) is 59.0 Å². The quantitative estimate of drug-likeness (QED) is 0.335. The molecule has 5 nitrogen and oxygen atoms in total. The summed E-state index contributed by atoms with van der Waals surface area (Å²) in [5, 5.41) is 1.50. The van der Waals surface area contributed by atoms with Crippen LogP contribution in [0, 0.1) is 0 Å². The van der Waals surface area contributed by atoms with Crippen molar-refractivity contribution >= 4 is 34.2 Å². The van der Waals surface area contributed by atoms with E-state index in [1.807, 2.05) is 60.7 Å². The summed E-state index contributed by atoms with van der Waals surface area (Å²) < 4.78 is 0. The normalized spacial score (nSPS) is 20.2. The first-order chi connectivity index (χ1) is 17.7. The molecular formula is C32H28N2O3. The zero-order valence-electron chi connectivity index (χ0n) is 21.2. The topological polar surface area (TPSA) is 57.7 Å². The highest BCUT2D eigenvalue weighted by atomic mass is 16.2. The largest absolute Gasteiger partial charge is 0.305 e. The molecule has 2 heterocycles. The molecular weight excluding hydrogens is 460 g/mol. The molecule has 0 aromatic heterocycles. The molecule has 3 amide bonds. The Morgan fingerprint density at radius 3 is 2.00 bits per heavy atom. The van der Waals surface area contributed by atoms with E-state index in [4.69, 9.17) is 0 Å². The van der Waals surface area contributed by atoms with Crippen molar-refractivity contribution in [1.82, 2.24) is 4.90 Å². The standard InChI is InChI=1S/C32H28N2O3/c1-31(2)20-32(3,22-13-5-4-6-14-22)25-17-7-8-18-26(25)34(31)27(35)19-33-29(36)23-15-9-11-21-12-10-16-24(28(21)23)30(33)37/h4-18H,19-20H2,1-3H3. The van der Waals surface area contributed by atoms with Gasteiger partial charge in [-0.15, -0.1) is 0 Å². The highest BCUT2D eigenvalue weighted by Gasteiger charge is 2.48. The van der Waals surface area contributed by atoms with E-state index < -0.39 is 17.4 Å². The van der Waals surface area contributed by atoms with Gasteiger partial charge in [0.05, 0.1) is 0 Å². The molecule has 184 valence electrons. The molecule has 2 aliphatic heterocycles. The lowest BCUT2D eigenvalue weighted by Crippen LogP contribution is -2.58. The number of imide groups is 1. The lowest BCUT2D eigenvalue weighted by Gasteiger charge is -2.51. The predicted octanol–water partition coefficient (Wildman–Crippen LogP) is 5.96. The molecule has 0 radical (unpaired) electrons. The Kier molecular flexibility index (Phi) is 5.09. The van der Waals surface area contributed by atoms with Crippen LogP contribution in [0.3, 0.4) is 0 Å². The second-order valence-corrected chi connectivity index (χ2v) is 10.8. The Bertz CT molecular complexity index is 1540. The molecule has 4 aromatic carbocycles.